The standard InChI is InChI=1S/C9H17N3O2/c1-7(13)11-5-8-2-3-12(6-8)9(14)4-10/h8H,2-6,10H2,1H3,(H,11,13)/t8-/m1/s1. The van der Waals surface area contributed by atoms with Crippen LogP contribution in [0.2, 0.25) is 0 Å². The Kier molecular flexibility index (Phi) is 3.88. The molecule has 0 aromatic heterocycles. The van der Waals surface area contributed by atoms with Gasteiger partial charge in [0.1, 0.15) is 0 Å². The molecule has 5 nitrogen and oxygen atoms in total. The molecule has 1 aliphatic heterocycles. The van der Waals surface area contributed by atoms with Gasteiger partial charge in [0.2, 0.25) is 11.8 Å². The Balaban J connectivity index is 2.27. The number of rotatable bonds is 3. The zero-order valence-corrected chi connectivity index (χ0v) is 8.45. The van der Waals surface area contributed by atoms with Crippen molar-refractivity contribution in [1.29, 1.82) is 0 Å². The summed E-state index contributed by atoms with van der Waals surface area (Å²) in [7, 11) is 0. The molecular formula is C9H17N3O2. The van der Waals surface area contributed by atoms with E-state index in [1.807, 2.05) is 0 Å². The Labute approximate surface area is 83.6 Å². The molecule has 1 heterocycles. The van der Waals surface area contributed by atoms with Crippen LogP contribution < -0.4 is 11.1 Å². The fourth-order valence-corrected chi connectivity index (χ4v) is 1.64. The predicted octanol–water partition coefficient (Wildman–Crippen LogP) is -1.07. The van der Waals surface area contributed by atoms with E-state index >= 15 is 0 Å². The number of amides is 2. The summed E-state index contributed by atoms with van der Waals surface area (Å²) in [5.74, 6) is 0.360. The number of likely N-dealkylation sites (tertiary alicyclic amines) is 1. The quantitative estimate of drug-likeness (QED) is 0.607. The fourth-order valence-electron chi connectivity index (χ4n) is 1.64. The van der Waals surface area contributed by atoms with Crippen molar-refractivity contribution >= 4 is 11.8 Å². The average molecular weight is 199 g/mol. The maximum atomic E-state index is 11.2. The summed E-state index contributed by atoms with van der Waals surface area (Å²) in [5.41, 5.74) is 5.26. The van der Waals surface area contributed by atoms with Gasteiger partial charge in [-0.3, -0.25) is 9.59 Å². The van der Waals surface area contributed by atoms with Gasteiger partial charge in [0.25, 0.3) is 0 Å². The van der Waals surface area contributed by atoms with Gasteiger partial charge < -0.3 is 16.0 Å². The van der Waals surface area contributed by atoms with E-state index in [1.165, 1.54) is 6.92 Å². The lowest BCUT2D eigenvalue weighted by Gasteiger charge is -2.15. The van der Waals surface area contributed by atoms with E-state index < -0.39 is 0 Å². The molecule has 80 valence electrons. The summed E-state index contributed by atoms with van der Waals surface area (Å²) >= 11 is 0. The zero-order chi connectivity index (χ0) is 10.6. The molecule has 0 spiro atoms. The second kappa shape index (κ2) is 4.95. The summed E-state index contributed by atoms with van der Waals surface area (Å²) in [6, 6.07) is 0. The number of nitrogens with one attached hydrogen (secondary N) is 1. The Morgan fingerprint density at radius 1 is 1.57 bits per heavy atom. The average Bonchev–Trinajstić information content (AvgIpc) is 2.62. The first-order valence-electron chi connectivity index (χ1n) is 4.85. The molecule has 5 heteroatoms. The minimum absolute atomic E-state index is 0.00433. The van der Waals surface area contributed by atoms with Gasteiger partial charge in [0, 0.05) is 26.6 Å². The third-order valence-electron chi connectivity index (χ3n) is 2.45. The van der Waals surface area contributed by atoms with Crippen LogP contribution >= 0.6 is 0 Å². The highest BCUT2D eigenvalue weighted by Gasteiger charge is 2.25. The van der Waals surface area contributed by atoms with E-state index in [0.29, 0.717) is 12.5 Å². The monoisotopic (exact) mass is 199 g/mol. The largest absolute Gasteiger partial charge is 0.356 e. The first-order valence-corrected chi connectivity index (χ1v) is 4.85. The van der Waals surface area contributed by atoms with Crippen LogP contribution in [0.1, 0.15) is 13.3 Å². The fraction of sp³-hybridized carbons (Fsp3) is 0.778. The Morgan fingerprint density at radius 2 is 2.29 bits per heavy atom. The van der Waals surface area contributed by atoms with E-state index in [-0.39, 0.29) is 18.4 Å². The molecule has 1 fully saturated rings. The Morgan fingerprint density at radius 3 is 2.86 bits per heavy atom. The third kappa shape index (κ3) is 2.99. The topological polar surface area (TPSA) is 75.4 Å². The van der Waals surface area contributed by atoms with Gasteiger partial charge in [-0.05, 0) is 12.3 Å². The van der Waals surface area contributed by atoms with Crippen LogP contribution in [0.5, 0.6) is 0 Å². The van der Waals surface area contributed by atoms with Crippen LogP contribution in [0.15, 0.2) is 0 Å². The second-order valence-electron chi connectivity index (χ2n) is 3.64. The molecule has 1 rings (SSSR count). The summed E-state index contributed by atoms with van der Waals surface area (Å²) in [5, 5.41) is 2.76. The molecule has 14 heavy (non-hydrogen) atoms. The molecule has 0 aliphatic carbocycles. The van der Waals surface area contributed by atoms with Crippen LogP contribution in [-0.2, 0) is 9.59 Å². The minimum atomic E-state index is -0.0198. The maximum absolute atomic E-state index is 11.2. The molecule has 2 amide bonds. The van der Waals surface area contributed by atoms with Crippen molar-refractivity contribution in [3.05, 3.63) is 0 Å². The van der Waals surface area contributed by atoms with E-state index in [9.17, 15) is 9.59 Å². The normalized spacial score (nSPS) is 21.0. The second-order valence-corrected chi connectivity index (χ2v) is 3.64. The molecular weight excluding hydrogens is 182 g/mol. The smallest absolute Gasteiger partial charge is 0.236 e. The van der Waals surface area contributed by atoms with Gasteiger partial charge in [0.15, 0.2) is 0 Å². The minimum Gasteiger partial charge on any atom is -0.356 e. The summed E-state index contributed by atoms with van der Waals surface area (Å²) in [6.07, 6.45) is 0.950. The van der Waals surface area contributed by atoms with Crippen LogP contribution in [-0.4, -0.2) is 42.9 Å². The van der Waals surface area contributed by atoms with Gasteiger partial charge in [-0.15, -0.1) is 0 Å². The number of carbonyl (C=O) groups is 2. The number of carbonyl (C=O) groups excluding carboxylic acids is 2. The Hall–Kier alpha value is -1.10. The Bertz CT molecular complexity index is 230. The van der Waals surface area contributed by atoms with Crippen molar-refractivity contribution in [3.63, 3.8) is 0 Å². The van der Waals surface area contributed by atoms with Gasteiger partial charge in [-0.2, -0.15) is 0 Å². The van der Waals surface area contributed by atoms with Crippen molar-refractivity contribution in [2.24, 2.45) is 11.7 Å². The highest BCUT2D eigenvalue weighted by molar-refractivity contribution is 5.78. The zero-order valence-electron chi connectivity index (χ0n) is 8.45. The molecule has 1 saturated heterocycles. The first kappa shape index (κ1) is 11.0. The highest BCUT2D eigenvalue weighted by atomic mass is 16.2. The molecule has 0 aromatic carbocycles. The molecule has 0 saturated carbocycles. The molecule has 0 aromatic rings. The lowest BCUT2D eigenvalue weighted by Crippen LogP contribution is -2.35. The lowest BCUT2D eigenvalue weighted by atomic mass is 10.1. The van der Waals surface area contributed by atoms with E-state index in [1.54, 1.807) is 4.90 Å². The number of nitrogens with zero attached hydrogens (tertiary/aromatic N) is 1. The maximum Gasteiger partial charge on any atom is 0.236 e. The van der Waals surface area contributed by atoms with Crippen molar-refractivity contribution < 1.29 is 9.59 Å². The lowest BCUT2D eigenvalue weighted by molar-refractivity contribution is -0.128. The molecule has 0 bridgehead atoms. The number of hydrogen-bond donors (Lipinski definition) is 2. The predicted molar refractivity (Wildman–Crippen MR) is 52.4 cm³/mol. The number of nitrogens with two attached hydrogens (primary N) is 1. The molecule has 0 unspecified atom stereocenters. The molecule has 1 atom stereocenters. The summed E-state index contributed by atoms with van der Waals surface area (Å²) in [6.45, 7) is 3.71. The van der Waals surface area contributed by atoms with Gasteiger partial charge >= 0.3 is 0 Å². The highest BCUT2D eigenvalue weighted by Crippen LogP contribution is 2.14. The summed E-state index contributed by atoms with van der Waals surface area (Å²) < 4.78 is 0. The van der Waals surface area contributed by atoms with Crippen molar-refractivity contribution in [3.8, 4) is 0 Å². The van der Waals surface area contributed by atoms with Gasteiger partial charge in [-0.25, -0.2) is 0 Å². The van der Waals surface area contributed by atoms with E-state index in [4.69, 9.17) is 5.73 Å². The molecule has 3 N–H and O–H groups in total. The van der Waals surface area contributed by atoms with Crippen LogP contribution in [0.4, 0.5) is 0 Å². The van der Waals surface area contributed by atoms with Crippen molar-refractivity contribution in [2.45, 2.75) is 13.3 Å². The number of hydrogen-bond acceptors (Lipinski definition) is 3. The van der Waals surface area contributed by atoms with E-state index in [0.717, 1.165) is 19.5 Å². The third-order valence-corrected chi connectivity index (χ3v) is 2.45. The van der Waals surface area contributed by atoms with Crippen molar-refractivity contribution in [1.82, 2.24) is 10.2 Å². The summed E-state index contributed by atoms with van der Waals surface area (Å²) in [4.78, 5) is 23.6. The van der Waals surface area contributed by atoms with Gasteiger partial charge in [0.05, 0.1) is 6.54 Å². The van der Waals surface area contributed by atoms with Crippen LogP contribution in [0.25, 0.3) is 0 Å². The van der Waals surface area contributed by atoms with E-state index in [2.05, 4.69) is 5.32 Å². The SMILES string of the molecule is CC(=O)NC[C@H]1CCN(C(=O)CN)C1. The van der Waals surface area contributed by atoms with Crippen LogP contribution in [0, 0.1) is 5.92 Å². The van der Waals surface area contributed by atoms with Crippen LogP contribution in [0.3, 0.4) is 0 Å². The molecule has 0 radical (unpaired) electrons. The first-order chi connectivity index (χ1) is 6.63. The van der Waals surface area contributed by atoms with Crippen molar-refractivity contribution in [2.75, 3.05) is 26.2 Å². The van der Waals surface area contributed by atoms with Gasteiger partial charge in [-0.1, -0.05) is 0 Å². The molecule has 1 aliphatic rings.